The molecule has 7 heteroatoms. The smallest absolute Gasteiger partial charge is 0.337 e. The van der Waals surface area contributed by atoms with Crippen molar-refractivity contribution in [2.75, 3.05) is 7.11 Å². The van der Waals surface area contributed by atoms with Gasteiger partial charge in [-0.15, -0.1) is 6.58 Å². The molecule has 110 valence electrons. The molecular formula is C14H12F2N2O3. The van der Waals surface area contributed by atoms with Gasteiger partial charge in [0, 0.05) is 6.42 Å². The van der Waals surface area contributed by atoms with Crippen LogP contribution < -0.4 is 5.56 Å². The number of ether oxygens (including phenoxy) is 1. The Morgan fingerprint density at radius 3 is 2.86 bits per heavy atom. The highest BCUT2D eigenvalue weighted by Gasteiger charge is 2.35. The van der Waals surface area contributed by atoms with Crippen LogP contribution in [-0.2, 0) is 10.7 Å². The Kier molecular flexibility index (Phi) is 3.84. The van der Waals surface area contributed by atoms with Crippen LogP contribution in [0.25, 0.3) is 11.0 Å². The van der Waals surface area contributed by atoms with Gasteiger partial charge in [-0.05, 0) is 18.2 Å². The zero-order chi connectivity index (χ0) is 15.6. The summed E-state index contributed by atoms with van der Waals surface area (Å²) in [6.45, 7) is 3.23. The number of allylic oxidation sites excluding steroid dienone is 1. The number of carbonyl (C=O) groups excluding carboxylic acids is 1. The lowest BCUT2D eigenvalue weighted by Crippen LogP contribution is -2.26. The summed E-state index contributed by atoms with van der Waals surface area (Å²) in [4.78, 5) is 29.1. The molecule has 2 aromatic rings. The summed E-state index contributed by atoms with van der Waals surface area (Å²) in [6.07, 6.45) is 0.307. The Bertz CT molecular complexity index is 768. The van der Waals surface area contributed by atoms with Crippen molar-refractivity contribution in [3.05, 3.63) is 52.5 Å². The molecular weight excluding hydrogens is 282 g/mol. The fourth-order valence-corrected chi connectivity index (χ4v) is 1.85. The minimum atomic E-state index is -3.43. The highest BCUT2D eigenvalue weighted by atomic mass is 19.3. The second-order valence-electron chi connectivity index (χ2n) is 4.34. The number of esters is 1. The van der Waals surface area contributed by atoms with Gasteiger partial charge in [-0.25, -0.2) is 9.78 Å². The average Bonchev–Trinajstić information content (AvgIpc) is 2.45. The minimum Gasteiger partial charge on any atom is -0.465 e. The van der Waals surface area contributed by atoms with E-state index >= 15 is 0 Å². The Labute approximate surface area is 118 Å². The number of H-pyrrole nitrogens is 1. The van der Waals surface area contributed by atoms with E-state index in [0.29, 0.717) is 0 Å². The van der Waals surface area contributed by atoms with Gasteiger partial charge in [-0.1, -0.05) is 6.08 Å². The van der Waals surface area contributed by atoms with Crippen molar-refractivity contribution in [3.8, 4) is 0 Å². The van der Waals surface area contributed by atoms with Crippen LogP contribution in [0, 0.1) is 0 Å². The van der Waals surface area contributed by atoms with Crippen molar-refractivity contribution in [1.82, 2.24) is 9.97 Å². The highest BCUT2D eigenvalue weighted by Crippen LogP contribution is 2.28. The zero-order valence-corrected chi connectivity index (χ0v) is 11.2. The molecule has 0 bridgehead atoms. The monoisotopic (exact) mass is 294 g/mol. The maximum Gasteiger partial charge on any atom is 0.337 e. The highest BCUT2D eigenvalue weighted by molar-refractivity contribution is 5.93. The van der Waals surface area contributed by atoms with Crippen LogP contribution in [0.3, 0.4) is 0 Å². The summed E-state index contributed by atoms with van der Waals surface area (Å²) in [7, 11) is 1.20. The lowest BCUT2D eigenvalue weighted by Gasteiger charge is -2.13. The molecule has 0 saturated carbocycles. The largest absolute Gasteiger partial charge is 0.465 e. The summed E-state index contributed by atoms with van der Waals surface area (Å²) in [6, 6.07) is 4.10. The van der Waals surface area contributed by atoms with Gasteiger partial charge in [-0.3, -0.25) is 4.79 Å². The summed E-state index contributed by atoms with van der Waals surface area (Å²) >= 11 is 0. The van der Waals surface area contributed by atoms with Gasteiger partial charge in [0.15, 0.2) is 5.69 Å². The van der Waals surface area contributed by atoms with E-state index in [2.05, 4.69) is 21.3 Å². The third kappa shape index (κ3) is 2.81. The number of nitrogens with zero attached hydrogens (tertiary/aromatic N) is 1. The van der Waals surface area contributed by atoms with E-state index in [1.54, 1.807) is 0 Å². The first kappa shape index (κ1) is 14.8. The third-order valence-electron chi connectivity index (χ3n) is 2.86. The number of alkyl halides is 2. The second-order valence-corrected chi connectivity index (χ2v) is 4.34. The van der Waals surface area contributed by atoms with Crippen molar-refractivity contribution in [3.63, 3.8) is 0 Å². The lowest BCUT2D eigenvalue weighted by molar-refractivity contribution is -0.00663. The van der Waals surface area contributed by atoms with Gasteiger partial charge in [0.2, 0.25) is 0 Å². The quantitative estimate of drug-likeness (QED) is 0.694. The first-order chi connectivity index (χ1) is 9.89. The molecule has 0 aliphatic heterocycles. The molecule has 0 aliphatic rings. The standard InChI is InChI=1S/C14H12F2N2O3/c1-3-6-14(15,16)11-12(19)18-9-5-4-8(13(20)21-2)7-10(9)17-11/h3-5,7H,1,6H2,2H3,(H,18,19). The zero-order valence-electron chi connectivity index (χ0n) is 11.2. The number of nitrogens with one attached hydrogen (secondary N) is 1. The number of hydrogen-bond donors (Lipinski definition) is 1. The summed E-state index contributed by atoms with van der Waals surface area (Å²) in [5.41, 5.74) is -1.39. The topological polar surface area (TPSA) is 72.0 Å². The molecule has 1 N–H and O–H groups in total. The number of halogens is 2. The van der Waals surface area contributed by atoms with E-state index in [1.807, 2.05) is 0 Å². The molecule has 0 aliphatic carbocycles. The van der Waals surface area contributed by atoms with E-state index in [4.69, 9.17) is 0 Å². The van der Waals surface area contributed by atoms with Crippen molar-refractivity contribution >= 4 is 17.0 Å². The van der Waals surface area contributed by atoms with Crippen LogP contribution in [-0.4, -0.2) is 23.0 Å². The van der Waals surface area contributed by atoms with Crippen molar-refractivity contribution in [2.24, 2.45) is 0 Å². The molecule has 0 amide bonds. The van der Waals surface area contributed by atoms with Crippen molar-refractivity contribution in [1.29, 1.82) is 0 Å². The van der Waals surface area contributed by atoms with Crippen molar-refractivity contribution < 1.29 is 18.3 Å². The number of carbonyl (C=O) groups is 1. The molecule has 21 heavy (non-hydrogen) atoms. The molecule has 0 spiro atoms. The van der Waals surface area contributed by atoms with Crippen LogP contribution >= 0.6 is 0 Å². The maximum absolute atomic E-state index is 13.8. The molecule has 0 atom stereocenters. The molecule has 1 aromatic carbocycles. The first-order valence-corrected chi connectivity index (χ1v) is 6.00. The predicted molar refractivity (Wildman–Crippen MR) is 72.4 cm³/mol. The molecule has 0 radical (unpaired) electrons. The minimum absolute atomic E-state index is 0.0798. The van der Waals surface area contributed by atoms with Gasteiger partial charge in [0.1, 0.15) is 0 Å². The fraction of sp³-hybridized carbons (Fsp3) is 0.214. The number of rotatable bonds is 4. The maximum atomic E-state index is 13.8. The molecule has 1 aromatic heterocycles. The van der Waals surface area contributed by atoms with Gasteiger partial charge in [0.05, 0.1) is 23.7 Å². The van der Waals surface area contributed by atoms with Crippen LogP contribution in [0.15, 0.2) is 35.6 Å². The number of methoxy groups -OCH3 is 1. The Morgan fingerprint density at radius 1 is 1.52 bits per heavy atom. The Morgan fingerprint density at radius 2 is 2.24 bits per heavy atom. The number of hydrogen-bond acceptors (Lipinski definition) is 4. The summed E-state index contributed by atoms with van der Waals surface area (Å²) in [5, 5.41) is 0. The van der Waals surface area contributed by atoms with E-state index in [9.17, 15) is 18.4 Å². The fourth-order valence-electron chi connectivity index (χ4n) is 1.85. The first-order valence-electron chi connectivity index (χ1n) is 6.00. The molecule has 0 saturated heterocycles. The lowest BCUT2D eigenvalue weighted by atomic mass is 10.1. The van der Waals surface area contributed by atoms with Gasteiger partial charge in [0.25, 0.3) is 11.5 Å². The van der Waals surface area contributed by atoms with Gasteiger partial charge >= 0.3 is 5.97 Å². The van der Waals surface area contributed by atoms with E-state index in [-0.39, 0.29) is 16.6 Å². The summed E-state index contributed by atoms with van der Waals surface area (Å²) < 4.78 is 32.2. The summed E-state index contributed by atoms with van der Waals surface area (Å²) in [5.74, 6) is -4.05. The second kappa shape index (κ2) is 5.43. The van der Waals surface area contributed by atoms with Crippen molar-refractivity contribution in [2.45, 2.75) is 12.3 Å². The SMILES string of the molecule is C=CCC(F)(F)c1nc2cc(C(=O)OC)ccc2[nH]c1=O. The molecule has 1 heterocycles. The number of aromatic nitrogens is 2. The predicted octanol–water partition coefficient (Wildman–Crippen LogP) is 2.38. The number of aromatic amines is 1. The molecule has 2 rings (SSSR count). The normalized spacial score (nSPS) is 11.4. The third-order valence-corrected chi connectivity index (χ3v) is 2.86. The van der Waals surface area contributed by atoms with Crippen LogP contribution in [0.5, 0.6) is 0 Å². The molecule has 5 nitrogen and oxygen atoms in total. The van der Waals surface area contributed by atoms with E-state index in [1.165, 1.54) is 25.3 Å². The van der Waals surface area contributed by atoms with Crippen LogP contribution in [0.4, 0.5) is 8.78 Å². The van der Waals surface area contributed by atoms with Gasteiger partial charge in [-0.2, -0.15) is 8.78 Å². The Hall–Kier alpha value is -2.57. The van der Waals surface area contributed by atoms with Crippen LogP contribution in [0.1, 0.15) is 22.5 Å². The van der Waals surface area contributed by atoms with Gasteiger partial charge < -0.3 is 9.72 Å². The molecule has 0 unspecified atom stereocenters. The number of benzene rings is 1. The Balaban J connectivity index is 2.64. The number of fused-ring (bicyclic) bond motifs is 1. The molecule has 0 fully saturated rings. The van der Waals surface area contributed by atoms with E-state index < -0.39 is 29.6 Å². The van der Waals surface area contributed by atoms with Crippen LogP contribution in [0.2, 0.25) is 0 Å². The average molecular weight is 294 g/mol. The van der Waals surface area contributed by atoms with E-state index in [0.717, 1.165) is 6.08 Å².